The van der Waals surface area contributed by atoms with E-state index in [1.807, 2.05) is 0 Å². The van der Waals surface area contributed by atoms with Crippen LogP contribution in [0.3, 0.4) is 0 Å². The van der Waals surface area contributed by atoms with Crippen LogP contribution in [0.15, 0.2) is 30.4 Å². The Kier molecular flexibility index (Phi) is 6.96. The van der Waals surface area contributed by atoms with Gasteiger partial charge in [-0.05, 0) is 91.3 Å². The highest BCUT2D eigenvalue weighted by Crippen LogP contribution is 2.67. The van der Waals surface area contributed by atoms with Crippen molar-refractivity contribution in [2.45, 2.75) is 111 Å². The van der Waals surface area contributed by atoms with Crippen LogP contribution in [0, 0.1) is 46.3 Å². The fourth-order valence-electron chi connectivity index (χ4n) is 9.32. The number of aromatic nitrogens is 2. The highest BCUT2D eigenvalue weighted by molar-refractivity contribution is 5.70. The van der Waals surface area contributed by atoms with Gasteiger partial charge in [0.15, 0.2) is 0 Å². The third-order valence-electron chi connectivity index (χ3n) is 11.2. The van der Waals surface area contributed by atoms with Crippen molar-refractivity contribution in [1.82, 2.24) is 9.55 Å². The minimum atomic E-state index is -0.293. The molecular weight excluding hydrogens is 432 g/mol. The number of nitrogens with zero attached hydrogens (tertiary/aromatic N) is 2. The molecule has 1 aromatic rings. The summed E-state index contributed by atoms with van der Waals surface area (Å²) in [6.45, 7) is 12.5. The number of ether oxygens (including phenoxy) is 1. The summed E-state index contributed by atoms with van der Waals surface area (Å²) in [5.41, 5.74) is 2.41. The van der Waals surface area contributed by atoms with Crippen molar-refractivity contribution in [1.29, 1.82) is 0 Å². The van der Waals surface area contributed by atoms with Gasteiger partial charge in [-0.1, -0.05) is 65.5 Å². The van der Waals surface area contributed by atoms with Crippen molar-refractivity contribution in [3.8, 4) is 0 Å². The van der Waals surface area contributed by atoms with Crippen LogP contribution in [0.1, 0.15) is 105 Å². The Balaban J connectivity index is 1.26. The van der Waals surface area contributed by atoms with E-state index in [-0.39, 0.29) is 12.2 Å². The molecule has 3 fully saturated rings. The van der Waals surface area contributed by atoms with Gasteiger partial charge < -0.3 is 4.74 Å². The van der Waals surface area contributed by atoms with Gasteiger partial charge in [0.25, 0.3) is 0 Å². The van der Waals surface area contributed by atoms with Gasteiger partial charge >= 0.3 is 6.09 Å². The van der Waals surface area contributed by atoms with Crippen molar-refractivity contribution in [2.75, 3.05) is 0 Å². The summed E-state index contributed by atoms with van der Waals surface area (Å²) in [4.78, 5) is 16.4. The Morgan fingerprint density at radius 2 is 1.94 bits per heavy atom. The van der Waals surface area contributed by atoms with Gasteiger partial charge in [-0.3, -0.25) is 0 Å². The van der Waals surface area contributed by atoms with E-state index < -0.39 is 0 Å². The predicted molar refractivity (Wildman–Crippen MR) is 141 cm³/mol. The fourth-order valence-corrected chi connectivity index (χ4v) is 9.32. The largest absolute Gasteiger partial charge is 0.445 e. The second-order valence-corrected chi connectivity index (χ2v) is 13.5. The summed E-state index contributed by atoms with van der Waals surface area (Å²) in [6.07, 6.45) is 21.3. The second kappa shape index (κ2) is 9.71. The maximum absolute atomic E-state index is 12.5. The summed E-state index contributed by atoms with van der Waals surface area (Å²) < 4.78 is 7.33. The van der Waals surface area contributed by atoms with Crippen LogP contribution < -0.4 is 0 Å². The van der Waals surface area contributed by atoms with Crippen LogP contribution in [0.2, 0.25) is 0 Å². The molecule has 4 heteroatoms. The van der Waals surface area contributed by atoms with E-state index in [0.717, 1.165) is 54.8 Å². The smallest absolute Gasteiger partial charge is 0.419 e. The van der Waals surface area contributed by atoms with Crippen molar-refractivity contribution in [2.24, 2.45) is 46.3 Å². The van der Waals surface area contributed by atoms with E-state index >= 15 is 0 Å². The molecule has 0 aliphatic heterocycles. The Bertz CT molecular complexity index is 920. The number of rotatable bonds is 6. The maximum Gasteiger partial charge on any atom is 0.419 e. The predicted octanol–water partition coefficient (Wildman–Crippen LogP) is 8.28. The molecule has 5 rings (SSSR count). The van der Waals surface area contributed by atoms with Crippen molar-refractivity contribution in [3.05, 3.63) is 30.4 Å². The molecule has 4 aliphatic rings. The molecular formula is C31H48N2O2. The first kappa shape index (κ1) is 25.1. The van der Waals surface area contributed by atoms with Gasteiger partial charge in [-0.15, -0.1) is 0 Å². The molecule has 1 aromatic heterocycles. The number of carbonyl (C=O) groups excluding carboxylic acids is 1. The summed E-state index contributed by atoms with van der Waals surface area (Å²) in [7, 11) is 0. The Hall–Kier alpha value is -1.58. The number of hydrogen-bond donors (Lipinski definition) is 0. The molecule has 194 valence electrons. The molecule has 0 bridgehead atoms. The second-order valence-electron chi connectivity index (χ2n) is 13.5. The topological polar surface area (TPSA) is 44.1 Å². The van der Waals surface area contributed by atoms with Gasteiger partial charge in [0.05, 0.1) is 0 Å². The first-order valence-corrected chi connectivity index (χ1v) is 14.6. The van der Waals surface area contributed by atoms with Crippen molar-refractivity contribution >= 4 is 6.09 Å². The van der Waals surface area contributed by atoms with Crippen molar-refractivity contribution < 1.29 is 9.53 Å². The van der Waals surface area contributed by atoms with Crippen LogP contribution in [0.25, 0.3) is 0 Å². The summed E-state index contributed by atoms with van der Waals surface area (Å²) in [6, 6.07) is 0. The van der Waals surface area contributed by atoms with Gasteiger partial charge in [-0.2, -0.15) is 0 Å². The Morgan fingerprint density at radius 1 is 1.11 bits per heavy atom. The van der Waals surface area contributed by atoms with E-state index in [1.54, 1.807) is 18.0 Å². The lowest BCUT2D eigenvalue weighted by molar-refractivity contribution is -0.0581. The van der Waals surface area contributed by atoms with Crippen LogP contribution in [-0.2, 0) is 4.74 Å². The first-order valence-electron chi connectivity index (χ1n) is 14.6. The summed E-state index contributed by atoms with van der Waals surface area (Å²) in [5.74, 6) is 5.16. The molecule has 35 heavy (non-hydrogen) atoms. The van der Waals surface area contributed by atoms with E-state index in [4.69, 9.17) is 4.74 Å². The van der Waals surface area contributed by atoms with Crippen LogP contribution in [0.4, 0.5) is 4.79 Å². The average molecular weight is 481 g/mol. The summed E-state index contributed by atoms with van der Waals surface area (Å²) >= 11 is 0. The Morgan fingerprint density at radius 3 is 2.69 bits per heavy atom. The highest BCUT2D eigenvalue weighted by atomic mass is 16.6. The standard InChI is InChI=1S/C31H48N2O2/c1-21(2)7-6-8-22(3)26-11-12-27-25-10-9-23-19-24(35-29(34)33-18-17-32-20-33)13-15-30(23,4)28(25)14-16-31(26,27)5/h9,17-18,20-22,24-28H,6-8,10-16,19H2,1-5H3/t22-,24+,25+,26-,27+,28+,30+,31-/m1/s1. The van der Waals surface area contributed by atoms with Crippen molar-refractivity contribution in [3.63, 3.8) is 0 Å². The lowest BCUT2D eigenvalue weighted by Gasteiger charge is -2.58. The van der Waals surface area contributed by atoms with Crippen LogP contribution >= 0.6 is 0 Å². The molecule has 3 saturated carbocycles. The SMILES string of the molecule is CC(C)CCC[C@@H](C)[C@H]1CC[C@H]2[C@@H]3CC=C4C[C@@H](OC(=O)n5ccnc5)CC[C@]4(C)[C@H]3CC[C@]12C. The van der Waals surface area contributed by atoms with Crippen LogP contribution in [-0.4, -0.2) is 21.7 Å². The molecule has 8 atom stereocenters. The van der Waals surface area contributed by atoms with Gasteiger partial charge in [0.2, 0.25) is 0 Å². The number of carbonyl (C=O) groups is 1. The normalized spacial score (nSPS) is 39.4. The third-order valence-corrected chi connectivity index (χ3v) is 11.2. The quantitative estimate of drug-likeness (QED) is 0.385. The number of fused-ring (bicyclic) bond motifs is 5. The lowest BCUT2D eigenvalue weighted by atomic mass is 9.47. The first-order chi connectivity index (χ1) is 16.7. The Labute approximate surface area is 213 Å². The monoisotopic (exact) mass is 480 g/mol. The zero-order chi connectivity index (χ0) is 24.8. The van der Waals surface area contributed by atoms with E-state index in [9.17, 15) is 4.79 Å². The zero-order valence-electron chi connectivity index (χ0n) is 22.8. The molecule has 0 saturated heterocycles. The minimum absolute atomic E-state index is 0.00261. The molecule has 0 radical (unpaired) electrons. The number of hydrogen-bond acceptors (Lipinski definition) is 3. The number of allylic oxidation sites excluding steroid dienone is 1. The van der Waals surface area contributed by atoms with Crippen LogP contribution in [0.5, 0.6) is 0 Å². The maximum atomic E-state index is 12.5. The highest BCUT2D eigenvalue weighted by Gasteiger charge is 2.59. The number of imidazole rings is 1. The molecule has 0 aromatic carbocycles. The fraction of sp³-hybridized carbons (Fsp3) is 0.806. The van der Waals surface area contributed by atoms with E-state index in [0.29, 0.717) is 10.8 Å². The molecule has 1 heterocycles. The lowest BCUT2D eigenvalue weighted by Crippen LogP contribution is -2.51. The molecule has 0 amide bonds. The van der Waals surface area contributed by atoms with E-state index in [2.05, 4.69) is 45.7 Å². The van der Waals surface area contributed by atoms with E-state index in [1.165, 1.54) is 62.3 Å². The minimum Gasteiger partial charge on any atom is -0.445 e. The third kappa shape index (κ3) is 4.53. The molecule has 0 unspecified atom stereocenters. The van der Waals surface area contributed by atoms with Gasteiger partial charge in [0, 0.05) is 18.8 Å². The molecule has 0 N–H and O–H groups in total. The summed E-state index contributed by atoms with van der Waals surface area (Å²) in [5, 5.41) is 0. The molecule has 0 spiro atoms. The molecule has 4 aliphatic carbocycles. The van der Waals surface area contributed by atoms with Gasteiger partial charge in [-0.25, -0.2) is 14.3 Å². The average Bonchev–Trinajstić information content (AvgIpc) is 3.47. The molecule has 4 nitrogen and oxygen atoms in total. The zero-order valence-corrected chi connectivity index (χ0v) is 22.8. The van der Waals surface area contributed by atoms with Gasteiger partial charge in [0.1, 0.15) is 12.4 Å².